The maximum absolute atomic E-state index is 11.6. The van der Waals surface area contributed by atoms with Crippen LogP contribution in [0.25, 0.3) is 0 Å². The van der Waals surface area contributed by atoms with E-state index in [-0.39, 0.29) is 12.0 Å². The predicted octanol–water partition coefficient (Wildman–Crippen LogP) is 1.35. The summed E-state index contributed by atoms with van der Waals surface area (Å²) in [5.74, 6) is 4.72. The zero-order chi connectivity index (χ0) is 11.3. The smallest absolute Gasteiger partial charge is 0.252 e. The number of halogens is 1. The molecule has 0 saturated carbocycles. The van der Waals surface area contributed by atoms with E-state index >= 15 is 0 Å². The molecule has 5 heteroatoms. The summed E-state index contributed by atoms with van der Waals surface area (Å²) in [5.41, 5.74) is 0.448. The second-order valence-electron chi connectivity index (χ2n) is 3.14. The van der Waals surface area contributed by atoms with Gasteiger partial charge in [-0.25, -0.2) is 5.90 Å². The van der Waals surface area contributed by atoms with Crippen LogP contribution in [-0.2, 0) is 4.84 Å². The molecule has 1 unspecified atom stereocenters. The van der Waals surface area contributed by atoms with E-state index in [2.05, 4.69) is 10.2 Å². The molecule has 0 saturated heterocycles. The molecule has 0 bridgehead atoms. The summed E-state index contributed by atoms with van der Waals surface area (Å²) >= 11 is 5.85. The van der Waals surface area contributed by atoms with E-state index in [1.54, 1.807) is 31.2 Å². The third-order valence-electron chi connectivity index (χ3n) is 1.90. The van der Waals surface area contributed by atoms with Crippen LogP contribution in [0.15, 0.2) is 24.3 Å². The average molecular weight is 229 g/mol. The molecule has 1 amide bonds. The molecule has 82 valence electrons. The third kappa shape index (κ3) is 3.51. The fraction of sp³-hybridized carbons (Fsp3) is 0.300. The Kier molecular flexibility index (Phi) is 4.55. The lowest BCUT2D eigenvalue weighted by molar-refractivity contribution is 0.0622. The molecule has 0 fully saturated rings. The molecule has 0 spiro atoms. The lowest BCUT2D eigenvalue weighted by Gasteiger charge is -2.10. The summed E-state index contributed by atoms with van der Waals surface area (Å²) in [7, 11) is 0. The van der Waals surface area contributed by atoms with E-state index in [0.29, 0.717) is 17.1 Å². The van der Waals surface area contributed by atoms with E-state index in [4.69, 9.17) is 17.5 Å². The van der Waals surface area contributed by atoms with E-state index in [1.165, 1.54) is 0 Å². The summed E-state index contributed by atoms with van der Waals surface area (Å²) in [5, 5.41) is 3.09. The number of benzene rings is 1. The van der Waals surface area contributed by atoms with E-state index in [0.717, 1.165) is 0 Å². The molecule has 3 N–H and O–H groups in total. The summed E-state index contributed by atoms with van der Waals surface area (Å²) in [6, 6.07) is 6.85. The molecule has 1 rings (SSSR count). The number of nitrogens with two attached hydrogens (primary N) is 1. The zero-order valence-corrected chi connectivity index (χ0v) is 9.12. The Morgan fingerprint density at radius 1 is 1.60 bits per heavy atom. The normalized spacial score (nSPS) is 12.2. The molecule has 0 radical (unpaired) electrons. The summed E-state index contributed by atoms with van der Waals surface area (Å²) in [4.78, 5) is 16.1. The lowest BCUT2D eigenvalue weighted by Crippen LogP contribution is -2.33. The fourth-order valence-corrected chi connectivity index (χ4v) is 1.25. The van der Waals surface area contributed by atoms with Crippen molar-refractivity contribution >= 4 is 17.5 Å². The summed E-state index contributed by atoms with van der Waals surface area (Å²) in [6.45, 7) is 2.10. The topological polar surface area (TPSA) is 64.3 Å². The van der Waals surface area contributed by atoms with Crippen LogP contribution in [-0.4, -0.2) is 18.6 Å². The number of hydrogen-bond acceptors (Lipinski definition) is 3. The van der Waals surface area contributed by atoms with Gasteiger partial charge in [0.15, 0.2) is 0 Å². The average Bonchev–Trinajstić information content (AvgIpc) is 2.26. The van der Waals surface area contributed by atoms with Crippen molar-refractivity contribution in [1.82, 2.24) is 5.32 Å². The minimum Gasteiger partial charge on any atom is -0.349 e. The zero-order valence-electron chi connectivity index (χ0n) is 8.37. The first-order chi connectivity index (χ1) is 7.15. The van der Waals surface area contributed by atoms with Crippen molar-refractivity contribution < 1.29 is 9.63 Å². The largest absolute Gasteiger partial charge is 0.349 e. The van der Waals surface area contributed by atoms with Crippen LogP contribution < -0.4 is 11.2 Å². The number of nitrogens with one attached hydrogen (secondary N) is 1. The Balaban J connectivity index is 2.58. The number of carbonyl (C=O) groups is 1. The van der Waals surface area contributed by atoms with Gasteiger partial charge < -0.3 is 5.32 Å². The lowest BCUT2D eigenvalue weighted by atomic mass is 10.2. The molecule has 0 aliphatic rings. The van der Waals surface area contributed by atoms with Gasteiger partial charge in [0.05, 0.1) is 16.7 Å². The Bertz CT molecular complexity index is 344. The predicted molar refractivity (Wildman–Crippen MR) is 58.5 cm³/mol. The molecular weight excluding hydrogens is 216 g/mol. The molecule has 15 heavy (non-hydrogen) atoms. The van der Waals surface area contributed by atoms with Gasteiger partial charge in [-0.2, -0.15) is 0 Å². The molecular formula is C10H13ClN2O2. The molecule has 0 heterocycles. The van der Waals surface area contributed by atoms with E-state index in [1.807, 2.05) is 0 Å². The highest BCUT2D eigenvalue weighted by molar-refractivity contribution is 6.33. The molecule has 0 aromatic heterocycles. The SMILES string of the molecule is CC(CNC(=O)c1ccccc1Cl)ON. The van der Waals surface area contributed by atoms with Crippen molar-refractivity contribution in [3.8, 4) is 0 Å². The minimum atomic E-state index is -0.232. The third-order valence-corrected chi connectivity index (χ3v) is 2.23. The quantitative estimate of drug-likeness (QED) is 0.765. The molecule has 4 nitrogen and oxygen atoms in total. The van der Waals surface area contributed by atoms with Crippen LogP contribution in [0.2, 0.25) is 5.02 Å². The summed E-state index contributed by atoms with van der Waals surface area (Å²) < 4.78 is 0. The highest BCUT2D eigenvalue weighted by Crippen LogP contribution is 2.14. The van der Waals surface area contributed by atoms with Crippen molar-refractivity contribution in [1.29, 1.82) is 0 Å². The molecule has 1 atom stereocenters. The number of hydrogen-bond donors (Lipinski definition) is 2. The van der Waals surface area contributed by atoms with Gasteiger partial charge >= 0.3 is 0 Å². The monoisotopic (exact) mass is 228 g/mol. The van der Waals surface area contributed by atoms with Crippen LogP contribution in [0.3, 0.4) is 0 Å². The van der Waals surface area contributed by atoms with Gasteiger partial charge in [0.2, 0.25) is 0 Å². The van der Waals surface area contributed by atoms with Gasteiger partial charge in [0.25, 0.3) is 5.91 Å². The first-order valence-corrected chi connectivity index (χ1v) is 4.91. The Morgan fingerprint density at radius 3 is 2.87 bits per heavy atom. The number of amides is 1. The van der Waals surface area contributed by atoms with Crippen LogP contribution in [0.4, 0.5) is 0 Å². The minimum absolute atomic E-state index is 0.226. The van der Waals surface area contributed by atoms with Crippen LogP contribution in [0.1, 0.15) is 17.3 Å². The van der Waals surface area contributed by atoms with Gasteiger partial charge in [0, 0.05) is 6.54 Å². The first-order valence-electron chi connectivity index (χ1n) is 4.53. The van der Waals surface area contributed by atoms with Gasteiger partial charge in [-0.05, 0) is 19.1 Å². The number of rotatable bonds is 4. The highest BCUT2D eigenvalue weighted by atomic mass is 35.5. The first kappa shape index (κ1) is 12.0. The number of carbonyl (C=O) groups excluding carboxylic acids is 1. The maximum atomic E-state index is 11.6. The van der Waals surface area contributed by atoms with Crippen LogP contribution in [0.5, 0.6) is 0 Å². The molecule has 1 aromatic rings. The van der Waals surface area contributed by atoms with Gasteiger partial charge in [-0.1, -0.05) is 23.7 Å². The maximum Gasteiger partial charge on any atom is 0.252 e. The van der Waals surface area contributed by atoms with Crippen molar-refractivity contribution in [2.24, 2.45) is 5.90 Å². The standard InChI is InChI=1S/C10H13ClN2O2/c1-7(15-12)6-13-10(14)8-4-2-3-5-9(8)11/h2-5,7H,6,12H2,1H3,(H,13,14). The van der Waals surface area contributed by atoms with Crippen molar-refractivity contribution in [3.63, 3.8) is 0 Å². The van der Waals surface area contributed by atoms with Gasteiger partial charge in [-0.3, -0.25) is 9.63 Å². The van der Waals surface area contributed by atoms with Crippen LogP contribution >= 0.6 is 11.6 Å². The summed E-state index contributed by atoms with van der Waals surface area (Å²) in [6.07, 6.45) is -0.226. The molecule has 0 aliphatic carbocycles. The van der Waals surface area contributed by atoms with Crippen molar-refractivity contribution in [2.45, 2.75) is 13.0 Å². The second-order valence-corrected chi connectivity index (χ2v) is 3.54. The van der Waals surface area contributed by atoms with E-state index in [9.17, 15) is 4.79 Å². The van der Waals surface area contributed by atoms with E-state index < -0.39 is 0 Å². The fourth-order valence-electron chi connectivity index (χ4n) is 1.03. The highest BCUT2D eigenvalue weighted by Gasteiger charge is 2.10. The van der Waals surface area contributed by atoms with Gasteiger partial charge in [0.1, 0.15) is 0 Å². The van der Waals surface area contributed by atoms with Gasteiger partial charge in [-0.15, -0.1) is 0 Å². The van der Waals surface area contributed by atoms with Crippen molar-refractivity contribution in [2.75, 3.05) is 6.54 Å². The Morgan fingerprint density at radius 2 is 2.27 bits per heavy atom. The van der Waals surface area contributed by atoms with Crippen molar-refractivity contribution in [3.05, 3.63) is 34.9 Å². The second kappa shape index (κ2) is 5.70. The Labute approximate surface area is 93.3 Å². The van der Waals surface area contributed by atoms with Crippen LogP contribution in [0, 0.1) is 0 Å². The Hall–Kier alpha value is -1.10. The molecule has 0 aliphatic heterocycles. The molecule has 1 aromatic carbocycles.